The monoisotopic (exact) mass is 382 g/mol. The van der Waals surface area contributed by atoms with Gasteiger partial charge in [0.1, 0.15) is 11.2 Å². The van der Waals surface area contributed by atoms with Gasteiger partial charge in [0.25, 0.3) is 0 Å². The molecule has 1 aliphatic heterocycles. The Balaban J connectivity index is 1.70. The second kappa shape index (κ2) is 8.51. The summed E-state index contributed by atoms with van der Waals surface area (Å²) < 4.78 is 5.47. The van der Waals surface area contributed by atoms with Crippen molar-refractivity contribution in [2.45, 2.75) is 18.4 Å². The van der Waals surface area contributed by atoms with E-state index in [1.165, 1.54) is 5.56 Å². The zero-order chi connectivity index (χ0) is 20.1. The van der Waals surface area contributed by atoms with Crippen molar-refractivity contribution in [1.29, 1.82) is 5.26 Å². The molecule has 3 heteroatoms. The summed E-state index contributed by atoms with van der Waals surface area (Å²) in [5.74, 6) is 1.00. The van der Waals surface area contributed by atoms with Crippen LogP contribution < -0.4 is 4.74 Å². The molecule has 1 heterocycles. The van der Waals surface area contributed by atoms with E-state index in [1.807, 2.05) is 36.4 Å². The van der Waals surface area contributed by atoms with Crippen molar-refractivity contribution in [3.05, 3.63) is 102 Å². The van der Waals surface area contributed by atoms with Crippen molar-refractivity contribution in [1.82, 2.24) is 4.90 Å². The number of nitrogens with zero attached hydrogens (tertiary/aromatic N) is 2. The minimum Gasteiger partial charge on any atom is -0.497 e. The van der Waals surface area contributed by atoms with E-state index in [2.05, 4.69) is 59.5 Å². The van der Waals surface area contributed by atoms with E-state index in [0.717, 1.165) is 42.9 Å². The van der Waals surface area contributed by atoms with Crippen LogP contribution in [0.5, 0.6) is 5.75 Å². The fourth-order valence-corrected chi connectivity index (χ4v) is 4.60. The van der Waals surface area contributed by atoms with E-state index in [4.69, 9.17) is 4.74 Å². The van der Waals surface area contributed by atoms with Crippen LogP contribution >= 0.6 is 0 Å². The van der Waals surface area contributed by atoms with E-state index in [9.17, 15) is 5.26 Å². The number of likely N-dealkylation sites (tertiary alicyclic amines) is 1. The van der Waals surface area contributed by atoms with Crippen LogP contribution in [0.25, 0.3) is 0 Å². The van der Waals surface area contributed by atoms with Gasteiger partial charge in [-0.25, -0.2) is 0 Å². The van der Waals surface area contributed by atoms with Crippen molar-refractivity contribution < 1.29 is 4.74 Å². The molecular formula is C26H26N2O. The fourth-order valence-electron chi connectivity index (χ4n) is 4.60. The molecule has 1 aliphatic rings. The third kappa shape index (κ3) is 3.77. The highest BCUT2D eigenvalue weighted by molar-refractivity contribution is 5.49. The highest BCUT2D eigenvalue weighted by Gasteiger charge is 2.45. The summed E-state index contributed by atoms with van der Waals surface area (Å²) in [4.78, 5) is 2.47. The molecule has 0 aliphatic carbocycles. The molecule has 4 rings (SSSR count). The first-order chi connectivity index (χ1) is 14.3. The molecule has 1 unspecified atom stereocenters. The summed E-state index contributed by atoms with van der Waals surface area (Å²) in [6, 6.07) is 31.6. The molecule has 3 aromatic carbocycles. The molecule has 3 aromatic rings. The quantitative estimate of drug-likeness (QED) is 0.600. The average molecular weight is 383 g/mol. The molecule has 0 aromatic heterocycles. The van der Waals surface area contributed by atoms with Gasteiger partial charge in [-0.1, -0.05) is 72.8 Å². The predicted molar refractivity (Wildman–Crippen MR) is 116 cm³/mol. The lowest BCUT2D eigenvalue weighted by Gasteiger charge is -2.34. The zero-order valence-corrected chi connectivity index (χ0v) is 16.8. The Bertz CT molecular complexity index is 980. The normalized spacial score (nSPS) is 18.7. The van der Waals surface area contributed by atoms with E-state index in [1.54, 1.807) is 7.11 Å². The highest BCUT2D eigenvalue weighted by Crippen LogP contribution is 2.44. The maximum atomic E-state index is 10.6. The summed E-state index contributed by atoms with van der Waals surface area (Å²) in [5, 5.41) is 10.6. The lowest BCUT2D eigenvalue weighted by atomic mass is 9.66. The number of benzene rings is 3. The van der Waals surface area contributed by atoms with Gasteiger partial charge in [0.05, 0.1) is 13.2 Å². The second-order valence-corrected chi connectivity index (χ2v) is 7.72. The Morgan fingerprint density at radius 3 is 2.34 bits per heavy atom. The molecule has 29 heavy (non-hydrogen) atoms. The number of rotatable bonds is 6. The summed E-state index contributed by atoms with van der Waals surface area (Å²) in [5.41, 5.74) is 2.69. The smallest absolute Gasteiger partial charge is 0.119 e. The fraction of sp³-hybridized carbons (Fsp3) is 0.269. The molecule has 0 radical (unpaired) electrons. The Morgan fingerprint density at radius 1 is 0.966 bits per heavy atom. The van der Waals surface area contributed by atoms with Crippen molar-refractivity contribution in [2.24, 2.45) is 5.92 Å². The van der Waals surface area contributed by atoms with Crippen LogP contribution in [-0.2, 0) is 12.0 Å². The van der Waals surface area contributed by atoms with Gasteiger partial charge in [-0.15, -0.1) is 0 Å². The van der Waals surface area contributed by atoms with Gasteiger partial charge in [0.2, 0.25) is 0 Å². The van der Waals surface area contributed by atoms with Crippen molar-refractivity contribution in [2.75, 3.05) is 20.2 Å². The number of methoxy groups -OCH3 is 1. The van der Waals surface area contributed by atoms with Gasteiger partial charge in [-0.2, -0.15) is 5.26 Å². The standard InChI is InChI=1S/C26H26N2O/c1-29-25-14-8-13-23(17-25)26(20-27,22-11-6-3-7-12-22)24-15-16-28(19-24)18-21-9-4-2-5-10-21/h2-14,17,24H,15-16,18-19H2,1H3/t24?,26-/m1/s1. The first-order valence-corrected chi connectivity index (χ1v) is 10.1. The minimum atomic E-state index is -0.693. The maximum absolute atomic E-state index is 10.6. The van der Waals surface area contributed by atoms with Crippen LogP contribution in [-0.4, -0.2) is 25.1 Å². The van der Waals surface area contributed by atoms with Crippen LogP contribution in [0.2, 0.25) is 0 Å². The molecular weight excluding hydrogens is 356 g/mol. The van der Waals surface area contributed by atoms with Crippen molar-refractivity contribution >= 4 is 0 Å². The molecule has 2 atom stereocenters. The Kier molecular flexibility index (Phi) is 5.64. The van der Waals surface area contributed by atoms with Crippen molar-refractivity contribution in [3.63, 3.8) is 0 Å². The first-order valence-electron chi connectivity index (χ1n) is 10.1. The molecule has 1 saturated heterocycles. The third-order valence-electron chi connectivity index (χ3n) is 6.06. The topological polar surface area (TPSA) is 36.3 Å². The second-order valence-electron chi connectivity index (χ2n) is 7.72. The van der Waals surface area contributed by atoms with Gasteiger partial charge in [0.15, 0.2) is 0 Å². The molecule has 0 saturated carbocycles. The Labute approximate surface area is 173 Å². The highest BCUT2D eigenvalue weighted by atomic mass is 16.5. The zero-order valence-electron chi connectivity index (χ0n) is 16.8. The maximum Gasteiger partial charge on any atom is 0.119 e. The molecule has 0 N–H and O–H groups in total. The number of hydrogen-bond acceptors (Lipinski definition) is 3. The van der Waals surface area contributed by atoms with Gasteiger partial charge >= 0.3 is 0 Å². The molecule has 0 bridgehead atoms. The molecule has 146 valence electrons. The summed E-state index contributed by atoms with van der Waals surface area (Å²) >= 11 is 0. The van der Waals surface area contributed by atoms with Gasteiger partial charge < -0.3 is 4.74 Å². The lowest BCUT2D eigenvalue weighted by molar-refractivity contribution is 0.298. The number of ether oxygens (including phenoxy) is 1. The largest absolute Gasteiger partial charge is 0.497 e. The molecule has 3 nitrogen and oxygen atoms in total. The van der Waals surface area contributed by atoms with Crippen LogP contribution in [0, 0.1) is 17.2 Å². The summed E-state index contributed by atoms with van der Waals surface area (Å²) in [6.07, 6.45) is 0.993. The minimum absolute atomic E-state index is 0.214. The van der Waals surface area contributed by atoms with Gasteiger partial charge in [-0.05, 0) is 47.7 Å². The Morgan fingerprint density at radius 2 is 1.66 bits per heavy atom. The van der Waals surface area contributed by atoms with Gasteiger partial charge in [-0.3, -0.25) is 4.90 Å². The van der Waals surface area contributed by atoms with Crippen LogP contribution in [0.15, 0.2) is 84.9 Å². The lowest BCUT2D eigenvalue weighted by Crippen LogP contribution is -2.37. The first kappa shape index (κ1) is 19.2. The number of hydrogen-bond donors (Lipinski definition) is 0. The van der Waals surface area contributed by atoms with E-state index in [0.29, 0.717) is 0 Å². The Hall–Kier alpha value is -3.09. The number of nitriles is 1. The van der Waals surface area contributed by atoms with Crippen molar-refractivity contribution in [3.8, 4) is 11.8 Å². The van der Waals surface area contributed by atoms with Crippen LogP contribution in [0.3, 0.4) is 0 Å². The molecule has 1 fully saturated rings. The van der Waals surface area contributed by atoms with Crippen LogP contribution in [0.1, 0.15) is 23.1 Å². The predicted octanol–water partition coefficient (Wildman–Crippen LogP) is 5.03. The average Bonchev–Trinajstić information content (AvgIpc) is 3.25. The molecule has 0 spiro atoms. The summed E-state index contributed by atoms with van der Waals surface area (Å²) in [7, 11) is 1.67. The SMILES string of the molecule is COc1cccc([C@@](C#N)(c2ccccc2)C2CCN(Cc3ccccc3)C2)c1. The van der Waals surface area contributed by atoms with E-state index in [-0.39, 0.29) is 5.92 Å². The van der Waals surface area contributed by atoms with E-state index < -0.39 is 5.41 Å². The third-order valence-corrected chi connectivity index (χ3v) is 6.06. The van der Waals surface area contributed by atoms with Gasteiger partial charge in [0, 0.05) is 13.1 Å². The van der Waals surface area contributed by atoms with Crippen LogP contribution in [0.4, 0.5) is 0 Å². The van der Waals surface area contributed by atoms with E-state index >= 15 is 0 Å². The summed E-state index contributed by atoms with van der Waals surface area (Å²) in [6.45, 7) is 2.82. The molecule has 0 amide bonds.